The van der Waals surface area contributed by atoms with E-state index in [1.165, 1.54) is 4.88 Å². The van der Waals surface area contributed by atoms with Gasteiger partial charge in [0.2, 0.25) is 0 Å². The molecule has 0 bridgehead atoms. The number of rotatable bonds is 4. The molecule has 3 aliphatic heterocycles. The summed E-state index contributed by atoms with van der Waals surface area (Å²) in [6.07, 6.45) is 11.9. The molecular formula is C29H22N4S. The molecule has 34 heavy (non-hydrogen) atoms. The van der Waals surface area contributed by atoms with Crippen molar-refractivity contribution in [3.63, 3.8) is 0 Å². The van der Waals surface area contributed by atoms with Gasteiger partial charge < -0.3 is 0 Å². The van der Waals surface area contributed by atoms with Crippen molar-refractivity contribution in [3.05, 3.63) is 129 Å². The van der Waals surface area contributed by atoms with E-state index in [1.807, 2.05) is 54.9 Å². The molecule has 6 rings (SSSR count). The van der Waals surface area contributed by atoms with Crippen LogP contribution in [0.4, 0.5) is 0 Å². The quantitative estimate of drug-likeness (QED) is 0.446. The largest absolute Gasteiger partial charge is 0.262 e. The lowest BCUT2D eigenvalue weighted by atomic mass is 9.77. The van der Waals surface area contributed by atoms with Crippen molar-refractivity contribution in [2.75, 3.05) is 0 Å². The zero-order valence-electron chi connectivity index (χ0n) is 18.9. The first-order valence-corrected chi connectivity index (χ1v) is 12.1. The third-order valence-corrected chi connectivity index (χ3v) is 7.46. The topological polar surface area (TPSA) is 50.0 Å². The fourth-order valence-corrected chi connectivity index (χ4v) is 5.56. The van der Waals surface area contributed by atoms with Crippen molar-refractivity contribution >= 4 is 34.5 Å². The fourth-order valence-electron chi connectivity index (χ4n) is 4.58. The minimum absolute atomic E-state index is 0.832. The van der Waals surface area contributed by atoms with Gasteiger partial charge in [-0.15, -0.1) is 11.3 Å². The molecule has 0 radical (unpaired) electrons. The van der Waals surface area contributed by atoms with E-state index in [0.29, 0.717) is 0 Å². The van der Waals surface area contributed by atoms with Gasteiger partial charge >= 0.3 is 0 Å². The molecule has 0 amide bonds. The average Bonchev–Trinajstić information content (AvgIpc) is 3.67. The Hall–Kier alpha value is -3.96. The van der Waals surface area contributed by atoms with Crippen LogP contribution in [-0.2, 0) is 5.54 Å². The minimum atomic E-state index is -0.832. The molecule has 0 N–H and O–H groups in total. The summed E-state index contributed by atoms with van der Waals surface area (Å²) >= 11 is 1.71. The van der Waals surface area contributed by atoms with Gasteiger partial charge in [-0.05, 0) is 49.3 Å². The van der Waals surface area contributed by atoms with Gasteiger partial charge in [-0.2, -0.15) is 0 Å². The molecule has 5 heteroatoms. The Morgan fingerprint density at radius 1 is 0.882 bits per heavy atom. The van der Waals surface area contributed by atoms with E-state index in [-0.39, 0.29) is 0 Å². The first-order chi connectivity index (χ1) is 16.7. The Morgan fingerprint density at radius 3 is 2.32 bits per heavy atom. The molecule has 0 spiro atoms. The number of hydrogen-bond acceptors (Lipinski definition) is 5. The number of hydrogen-bond donors (Lipinski definition) is 0. The summed E-state index contributed by atoms with van der Waals surface area (Å²) in [6, 6.07) is 20.8. The predicted octanol–water partition coefficient (Wildman–Crippen LogP) is 6.40. The Kier molecular flexibility index (Phi) is 4.93. The molecule has 1 unspecified atom stereocenters. The molecule has 3 aromatic rings. The molecule has 4 heterocycles. The molecular weight excluding hydrogens is 436 g/mol. The maximum atomic E-state index is 5.47. The lowest BCUT2D eigenvalue weighted by molar-refractivity contribution is 0.799. The smallest absolute Gasteiger partial charge is 0.157 e. The van der Waals surface area contributed by atoms with Crippen LogP contribution in [0.2, 0.25) is 0 Å². The van der Waals surface area contributed by atoms with E-state index in [9.17, 15) is 0 Å². The summed E-state index contributed by atoms with van der Waals surface area (Å²) in [4.78, 5) is 21.2. The summed E-state index contributed by atoms with van der Waals surface area (Å²) in [5.41, 5.74) is 7.08. The fraction of sp³-hybridized carbons (Fsp3) is 0.103. The van der Waals surface area contributed by atoms with Gasteiger partial charge in [0.1, 0.15) is 5.01 Å². The van der Waals surface area contributed by atoms with Crippen LogP contribution in [0.1, 0.15) is 26.7 Å². The van der Waals surface area contributed by atoms with E-state index < -0.39 is 5.54 Å². The van der Waals surface area contributed by atoms with Crippen LogP contribution in [0.15, 0.2) is 117 Å². The molecule has 0 saturated heterocycles. The second-order valence-electron chi connectivity index (χ2n) is 8.39. The second-order valence-corrected chi connectivity index (χ2v) is 9.59. The van der Waals surface area contributed by atoms with Crippen LogP contribution in [0.25, 0.3) is 5.57 Å². The van der Waals surface area contributed by atoms with Crippen LogP contribution in [0.5, 0.6) is 0 Å². The van der Waals surface area contributed by atoms with Crippen LogP contribution < -0.4 is 0 Å². The highest BCUT2D eigenvalue weighted by Crippen LogP contribution is 2.49. The molecule has 4 nitrogen and oxygen atoms in total. The minimum Gasteiger partial charge on any atom is -0.262 e. The van der Waals surface area contributed by atoms with Gasteiger partial charge in [-0.3, -0.25) is 15.0 Å². The van der Waals surface area contributed by atoms with Gasteiger partial charge in [0.15, 0.2) is 5.54 Å². The van der Waals surface area contributed by atoms with Gasteiger partial charge in [0.25, 0.3) is 0 Å². The number of allylic oxidation sites excluding steroid dienone is 4. The first kappa shape index (κ1) is 20.6. The number of benzene rings is 2. The summed E-state index contributed by atoms with van der Waals surface area (Å²) in [6.45, 7) is 4.18. The van der Waals surface area contributed by atoms with Gasteiger partial charge in [0.05, 0.1) is 22.8 Å². The number of nitrogens with zero attached hydrogens (tertiary/aromatic N) is 4. The van der Waals surface area contributed by atoms with E-state index >= 15 is 0 Å². The van der Waals surface area contributed by atoms with Crippen molar-refractivity contribution in [3.8, 4) is 0 Å². The number of aryl methyl sites for hydroxylation is 2. The predicted molar refractivity (Wildman–Crippen MR) is 142 cm³/mol. The van der Waals surface area contributed by atoms with Gasteiger partial charge in [0, 0.05) is 28.4 Å². The SMILES string of the molecule is Cc1nc(C2=CC(c3ccccc3)=NC2(C2=NC=CC2=C2C=CC=N2)c2ccccc2)sc1C. The third kappa shape index (κ3) is 3.20. The van der Waals surface area contributed by atoms with Crippen molar-refractivity contribution < 1.29 is 0 Å². The summed E-state index contributed by atoms with van der Waals surface area (Å²) in [5.74, 6) is 0. The molecule has 0 saturated carbocycles. The monoisotopic (exact) mass is 458 g/mol. The highest BCUT2D eigenvalue weighted by Gasteiger charge is 2.48. The van der Waals surface area contributed by atoms with Crippen LogP contribution in [0.3, 0.4) is 0 Å². The second kappa shape index (κ2) is 8.12. The number of aliphatic imine (C=N–C) groups is 3. The summed E-state index contributed by atoms with van der Waals surface area (Å²) < 4.78 is 0. The first-order valence-electron chi connectivity index (χ1n) is 11.2. The highest BCUT2D eigenvalue weighted by atomic mass is 32.1. The van der Waals surface area contributed by atoms with E-state index in [0.717, 1.165) is 50.1 Å². The summed E-state index contributed by atoms with van der Waals surface area (Å²) in [7, 11) is 0. The zero-order valence-corrected chi connectivity index (χ0v) is 19.8. The molecule has 3 aliphatic rings. The van der Waals surface area contributed by atoms with Gasteiger partial charge in [-0.25, -0.2) is 4.98 Å². The van der Waals surface area contributed by atoms with Crippen LogP contribution >= 0.6 is 11.3 Å². The Morgan fingerprint density at radius 2 is 1.65 bits per heavy atom. The van der Waals surface area contributed by atoms with Crippen LogP contribution in [0, 0.1) is 13.8 Å². The van der Waals surface area contributed by atoms with Gasteiger partial charge in [-0.1, -0.05) is 60.7 Å². The Balaban J connectivity index is 1.67. The van der Waals surface area contributed by atoms with Crippen molar-refractivity contribution in [2.24, 2.45) is 15.0 Å². The molecule has 2 aromatic carbocycles. The lowest BCUT2D eigenvalue weighted by Crippen LogP contribution is -2.34. The van der Waals surface area contributed by atoms with Crippen LogP contribution in [-0.4, -0.2) is 22.6 Å². The molecule has 0 fully saturated rings. The maximum absolute atomic E-state index is 5.47. The standard InChI is InChI=1S/C29H22N4S/c1-19-20(2)34-28(32-19)24-18-26(21-10-5-3-6-11-21)33-29(24,22-12-7-4-8-13-22)27-23(15-17-31-27)25-14-9-16-30-25/h3-18H,1-2H3. The van der Waals surface area contributed by atoms with E-state index in [4.69, 9.17) is 15.0 Å². The van der Waals surface area contributed by atoms with Crippen molar-refractivity contribution in [1.29, 1.82) is 0 Å². The Labute approximate surface area is 202 Å². The average molecular weight is 459 g/mol. The normalized spacial score (nSPS) is 22.9. The van der Waals surface area contributed by atoms with E-state index in [1.54, 1.807) is 11.3 Å². The molecule has 164 valence electrons. The van der Waals surface area contributed by atoms with Crippen molar-refractivity contribution in [1.82, 2.24) is 4.98 Å². The maximum Gasteiger partial charge on any atom is 0.157 e. The van der Waals surface area contributed by atoms with Crippen molar-refractivity contribution in [2.45, 2.75) is 19.4 Å². The highest BCUT2D eigenvalue weighted by molar-refractivity contribution is 7.12. The lowest BCUT2D eigenvalue weighted by Gasteiger charge is -2.31. The molecule has 1 atom stereocenters. The number of aromatic nitrogens is 1. The summed E-state index contributed by atoms with van der Waals surface area (Å²) in [5, 5.41) is 0.970. The van der Waals surface area contributed by atoms with E-state index in [2.05, 4.69) is 61.3 Å². The number of thiazole rings is 1. The molecule has 0 aliphatic carbocycles. The molecule has 1 aromatic heterocycles. The zero-order chi connectivity index (χ0) is 23.1. The third-order valence-electron chi connectivity index (χ3n) is 6.35. The Bertz CT molecular complexity index is 1460.